The molecular formula is C18H27NO2. The van der Waals surface area contributed by atoms with Gasteiger partial charge in [0.25, 0.3) is 0 Å². The van der Waals surface area contributed by atoms with E-state index >= 15 is 0 Å². The van der Waals surface area contributed by atoms with Gasteiger partial charge in [-0.25, -0.2) is 0 Å². The topological polar surface area (TPSA) is 66.5 Å². The van der Waals surface area contributed by atoms with Crippen LogP contribution in [-0.4, -0.2) is 22.0 Å². The Morgan fingerprint density at radius 1 is 1.24 bits per heavy atom. The minimum atomic E-state index is -0.882. The van der Waals surface area contributed by atoms with Crippen LogP contribution in [0.25, 0.3) is 0 Å². The summed E-state index contributed by atoms with van der Waals surface area (Å²) in [7, 11) is 0. The Hall–Kier alpha value is -1.34. The second kappa shape index (κ2) is 8.84. The van der Waals surface area contributed by atoms with E-state index in [1.807, 2.05) is 24.3 Å². The average Bonchev–Trinajstić information content (AvgIpc) is 2.44. The molecule has 0 saturated heterocycles. The van der Waals surface area contributed by atoms with Crippen molar-refractivity contribution in [3.05, 3.63) is 35.4 Å². The van der Waals surface area contributed by atoms with Crippen molar-refractivity contribution in [1.29, 1.82) is 0 Å². The van der Waals surface area contributed by atoms with Gasteiger partial charge in [0.05, 0.1) is 0 Å². The number of benzene rings is 1. The maximum absolute atomic E-state index is 10.5. The fourth-order valence-corrected chi connectivity index (χ4v) is 2.38. The Balaban J connectivity index is 2.82. The lowest BCUT2D eigenvalue weighted by Crippen LogP contribution is -2.25. The number of aliphatic hydroxyl groups is 2. The highest BCUT2D eigenvalue weighted by atomic mass is 16.3. The third kappa shape index (κ3) is 6.77. The first-order valence-electron chi connectivity index (χ1n) is 7.77. The molecule has 0 amide bonds. The first kappa shape index (κ1) is 17.7. The summed E-state index contributed by atoms with van der Waals surface area (Å²) in [5.41, 5.74) is 6.46. The van der Waals surface area contributed by atoms with Crippen molar-refractivity contribution < 1.29 is 10.2 Å². The van der Waals surface area contributed by atoms with Gasteiger partial charge in [-0.1, -0.05) is 50.7 Å². The lowest BCUT2D eigenvalue weighted by atomic mass is 9.93. The number of aliphatic hydroxyl groups excluding tert-OH is 1. The van der Waals surface area contributed by atoms with Gasteiger partial charge in [-0.05, 0) is 43.4 Å². The van der Waals surface area contributed by atoms with E-state index in [-0.39, 0.29) is 0 Å². The van der Waals surface area contributed by atoms with Gasteiger partial charge in [-0.3, -0.25) is 0 Å². The fourth-order valence-electron chi connectivity index (χ4n) is 2.38. The lowest BCUT2D eigenvalue weighted by molar-refractivity contribution is 0.0807. The van der Waals surface area contributed by atoms with Crippen molar-refractivity contribution in [3.8, 4) is 11.8 Å². The Morgan fingerprint density at radius 2 is 1.90 bits per heavy atom. The standard InChI is InChI=1S/C18H27NO2/c1-3-11-18(21,12-4-2)13-10-16-7-5-6-15(14-16)8-9-17(19)20/h5-7,14,17,20-21H,3-4,8-9,11-12,19H2,1-2H3. The fraction of sp³-hybridized carbons (Fsp3) is 0.556. The van der Waals surface area contributed by atoms with Crippen LogP contribution < -0.4 is 5.73 Å². The predicted molar refractivity (Wildman–Crippen MR) is 86.6 cm³/mol. The minimum absolute atomic E-state index is 0.534. The van der Waals surface area contributed by atoms with Gasteiger partial charge in [0.2, 0.25) is 0 Å². The zero-order valence-electron chi connectivity index (χ0n) is 13.1. The molecule has 0 heterocycles. The van der Waals surface area contributed by atoms with E-state index in [9.17, 15) is 5.11 Å². The molecule has 0 spiro atoms. The highest BCUT2D eigenvalue weighted by Crippen LogP contribution is 2.18. The first-order valence-corrected chi connectivity index (χ1v) is 7.77. The van der Waals surface area contributed by atoms with Crippen LogP contribution >= 0.6 is 0 Å². The SMILES string of the molecule is CCCC(O)(C#Cc1cccc(CCC(N)O)c1)CCC. The van der Waals surface area contributed by atoms with E-state index in [2.05, 4.69) is 25.7 Å². The molecular weight excluding hydrogens is 262 g/mol. The third-order valence-electron chi connectivity index (χ3n) is 3.42. The summed E-state index contributed by atoms with van der Waals surface area (Å²) in [5, 5.41) is 19.6. The normalized spacial score (nSPS) is 12.6. The Kier molecular flexibility index (Phi) is 7.45. The highest BCUT2D eigenvalue weighted by Gasteiger charge is 2.21. The second-order valence-corrected chi connectivity index (χ2v) is 5.59. The molecule has 0 aliphatic carbocycles. The van der Waals surface area contributed by atoms with Crippen LogP contribution in [-0.2, 0) is 6.42 Å². The van der Waals surface area contributed by atoms with Crippen molar-refractivity contribution in [3.63, 3.8) is 0 Å². The smallest absolute Gasteiger partial charge is 0.125 e. The molecule has 0 bridgehead atoms. The van der Waals surface area contributed by atoms with Crippen LogP contribution in [0.5, 0.6) is 0 Å². The van der Waals surface area contributed by atoms with E-state index in [0.29, 0.717) is 19.3 Å². The van der Waals surface area contributed by atoms with E-state index in [0.717, 1.165) is 30.4 Å². The van der Waals surface area contributed by atoms with E-state index in [4.69, 9.17) is 10.8 Å². The molecule has 3 nitrogen and oxygen atoms in total. The van der Waals surface area contributed by atoms with Crippen LogP contribution in [0, 0.1) is 11.8 Å². The molecule has 1 unspecified atom stereocenters. The third-order valence-corrected chi connectivity index (χ3v) is 3.42. The summed E-state index contributed by atoms with van der Waals surface area (Å²) in [4.78, 5) is 0. The molecule has 0 aromatic heterocycles. The number of hydrogen-bond donors (Lipinski definition) is 3. The van der Waals surface area contributed by atoms with Crippen molar-refractivity contribution in [2.24, 2.45) is 5.73 Å². The second-order valence-electron chi connectivity index (χ2n) is 5.59. The van der Waals surface area contributed by atoms with E-state index < -0.39 is 11.8 Å². The van der Waals surface area contributed by atoms with Gasteiger partial charge < -0.3 is 15.9 Å². The molecule has 1 rings (SSSR count). The molecule has 0 radical (unpaired) electrons. The van der Waals surface area contributed by atoms with Crippen molar-refractivity contribution in [2.45, 2.75) is 64.2 Å². The monoisotopic (exact) mass is 289 g/mol. The van der Waals surface area contributed by atoms with E-state index in [1.54, 1.807) is 0 Å². The summed E-state index contributed by atoms with van der Waals surface area (Å²) in [5.74, 6) is 6.13. The van der Waals surface area contributed by atoms with Gasteiger partial charge in [-0.15, -0.1) is 0 Å². The van der Waals surface area contributed by atoms with Gasteiger partial charge in [0, 0.05) is 5.56 Å². The van der Waals surface area contributed by atoms with Crippen LogP contribution in [0.1, 0.15) is 57.1 Å². The maximum Gasteiger partial charge on any atom is 0.125 e. The molecule has 0 aliphatic rings. The molecule has 0 fully saturated rings. The molecule has 116 valence electrons. The van der Waals surface area contributed by atoms with Crippen LogP contribution in [0.3, 0.4) is 0 Å². The lowest BCUT2D eigenvalue weighted by Gasteiger charge is -2.20. The van der Waals surface area contributed by atoms with Gasteiger partial charge in [0.15, 0.2) is 0 Å². The Labute approximate surface area is 128 Å². The van der Waals surface area contributed by atoms with Gasteiger partial charge in [0.1, 0.15) is 11.8 Å². The molecule has 1 atom stereocenters. The predicted octanol–water partition coefficient (Wildman–Crippen LogP) is 2.58. The minimum Gasteiger partial charge on any atom is -0.379 e. The van der Waals surface area contributed by atoms with E-state index in [1.165, 1.54) is 0 Å². The van der Waals surface area contributed by atoms with Crippen molar-refractivity contribution in [1.82, 2.24) is 0 Å². The number of rotatable bonds is 7. The molecule has 1 aromatic rings. The summed E-state index contributed by atoms with van der Waals surface area (Å²) >= 11 is 0. The largest absolute Gasteiger partial charge is 0.379 e. The molecule has 0 aliphatic heterocycles. The molecule has 3 heteroatoms. The molecule has 21 heavy (non-hydrogen) atoms. The van der Waals surface area contributed by atoms with Crippen LogP contribution in [0.4, 0.5) is 0 Å². The maximum atomic E-state index is 10.5. The zero-order chi connectivity index (χ0) is 15.7. The summed E-state index contributed by atoms with van der Waals surface area (Å²) in [6, 6.07) is 7.88. The first-order chi connectivity index (χ1) is 9.99. The molecule has 1 aromatic carbocycles. The summed E-state index contributed by atoms with van der Waals surface area (Å²) in [6.07, 6.45) is 3.71. The summed E-state index contributed by atoms with van der Waals surface area (Å²) < 4.78 is 0. The van der Waals surface area contributed by atoms with Gasteiger partial charge in [-0.2, -0.15) is 0 Å². The van der Waals surface area contributed by atoms with Crippen molar-refractivity contribution >= 4 is 0 Å². The highest BCUT2D eigenvalue weighted by molar-refractivity contribution is 5.38. The molecule has 0 saturated carbocycles. The van der Waals surface area contributed by atoms with Crippen LogP contribution in [0.15, 0.2) is 24.3 Å². The average molecular weight is 289 g/mol. The number of aryl methyl sites for hydroxylation is 1. The molecule has 4 N–H and O–H groups in total. The number of hydrogen-bond acceptors (Lipinski definition) is 3. The van der Waals surface area contributed by atoms with Crippen molar-refractivity contribution in [2.75, 3.05) is 0 Å². The van der Waals surface area contributed by atoms with Gasteiger partial charge >= 0.3 is 0 Å². The number of nitrogens with two attached hydrogens (primary N) is 1. The summed E-state index contributed by atoms with van der Waals surface area (Å²) in [6.45, 7) is 4.11. The Morgan fingerprint density at radius 3 is 2.48 bits per heavy atom. The zero-order valence-corrected chi connectivity index (χ0v) is 13.1. The Bertz CT molecular complexity index is 479. The quantitative estimate of drug-likeness (QED) is 0.534. The van der Waals surface area contributed by atoms with Crippen LogP contribution in [0.2, 0.25) is 0 Å².